The Morgan fingerprint density at radius 2 is 2.09 bits per heavy atom. The lowest BCUT2D eigenvalue weighted by molar-refractivity contribution is 0.500. The molecule has 4 heteroatoms. The van der Waals surface area contributed by atoms with Gasteiger partial charge in [-0.25, -0.2) is 0 Å². The van der Waals surface area contributed by atoms with Gasteiger partial charge in [-0.15, -0.1) is 10.2 Å². The predicted molar refractivity (Wildman–Crippen MR) is 37.2 cm³/mol. The van der Waals surface area contributed by atoms with E-state index in [1.165, 1.54) is 0 Å². The topological polar surface area (TPSA) is 72.3 Å². The third kappa shape index (κ3) is 1.20. The van der Waals surface area contributed by atoms with E-state index in [0.29, 0.717) is 6.42 Å². The van der Waals surface area contributed by atoms with Crippen LogP contribution < -0.4 is 0 Å². The Morgan fingerprint density at radius 3 is 2.36 bits per heavy atom. The van der Waals surface area contributed by atoms with Crippen LogP contribution in [0, 0.1) is 28.6 Å². The normalized spacial score (nSPS) is 19.9. The van der Waals surface area contributed by atoms with Crippen LogP contribution in [0.2, 0.25) is 0 Å². The Labute approximate surface area is 65.2 Å². The number of hydrogen-bond donors (Lipinski definition) is 0. The van der Waals surface area contributed by atoms with Gasteiger partial charge in [0.15, 0.2) is 0 Å². The summed E-state index contributed by atoms with van der Waals surface area (Å²) in [5.41, 5.74) is -0.995. The van der Waals surface area contributed by atoms with Crippen LogP contribution in [0.5, 0.6) is 0 Å². The van der Waals surface area contributed by atoms with Crippen molar-refractivity contribution in [2.45, 2.75) is 25.4 Å². The summed E-state index contributed by atoms with van der Waals surface area (Å²) in [5.74, 6) is -0.350. The van der Waals surface area contributed by atoms with Gasteiger partial charge in [0, 0.05) is 0 Å². The van der Waals surface area contributed by atoms with Crippen molar-refractivity contribution in [1.82, 2.24) is 0 Å². The van der Waals surface area contributed by atoms with Gasteiger partial charge in [0.1, 0.15) is 12.0 Å². The molecule has 1 atom stereocenters. The van der Waals surface area contributed by atoms with Gasteiger partial charge in [0.05, 0.1) is 6.07 Å². The highest BCUT2D eigenvalue weighted by molar-refractivity contribution is 5.20. The first-order chi connectivity index (χ1) is 5.29. The van der Waals surface area contributed by atoms with Crippen LogP contribution in [0.25, 0.3) is 0 Å². The first-order valence-electron chi connectivity index (χ1n) is 3.54. The summed E-state index contributed by atoms with van der Waals surface area (Å²) in [5, 5.41) is 24.4. The van der Waals surface area contributed by atoms with Crippen molar-refractivity contribution in [3.8, 4) is 12.1 Å². The summed E-state index contributed by atoms with van der Waals surface area (Å²) >= 11 is 0. The highest BCUT2D eigenvalue weighted by Gasteiger charge is 2.48. The summed E-state index contributed by atoms with van der Waals surface area (Å²) in [6.45, 7) is 1.97. The molecule has 1 aliphatic heterocycles. The molecule has 11 heavy (non-hydrogen) atoms. The third-order valence-electron chi connectivity index (χ3n) is 1.70. The van der Waals surface area contributed by atoms with E-state index in [-0.39, 0.29) is 5.92 Å². The molecule has 0 aromatic heterocycles. The predicted octanol–water partition coefficient (Wildman–Crippen LogP) is 1.61. The summed E-state index contributed by atoms with van der Waals surface area (Å²) < 4.78 is 0. The summed E-state index contributed by atoms with van der Waals surface area (Å²) in [6.07, 6.45) is 1.57. The van der Waals surface area contributed by atoms with Gasteiger partial charge in [-0.3, -0.25) is 0 Å². The maximum absolute atomic E-state index is 8.64. The molecule has 1 unspecified atom stereocenters. The maximum Gasteiger partial charge on any atom is 0.290 e. The van der Waals surface area contributed by atoms with E-state index < -0.39 is 5.66 Å². The van der Waals surface area contributed by atoms with E-state index in [1.54, 1.807) is 0 Å². The smallest absolute Gasteiger partial charge is 0.198 e. The lowest BCUT2D eigenvalue weighted by Gasteiger charge is -2.06. The molecule has 0 amide bonds. The van der Waals surface area contributed by atoms with Gasteiger partial charge in [-0.2, -0.15) is 10.5 Å². The van der Waals surface area contributed by atoms with Gasteiger partial charge in [0.25, 0.3) is 5.66 Å². The lowest BCUT2D eigenvalue weighted by Crippen LogP contribution is -2.20. The molecule has 0 saturated carbocycles. The molecule has 1 rings (SSSR count). The highest BCUT2D eigenvalue weighted by atomic mass is 15.4. The van der Waals surface area contributed by atoms with Gasteiger partial charge in [-0.05, 0) is 6.42 Å². The van der Waals surface area contributed by atoms with Crippen molar-refractivity contribution in [3.05, 3.63) is 0 Å². The van der Waals surface area contributed by atoms with Crippen molar-refractivity contribution < 1.29 is 0 Å². The second-order valence-electron chi connectivity index (χ2n) is 2.51. The largest absolute Gasteiger partial charge is 0.290 e. The third-order valence-corrected chi connectivity index (χ3v) is 1.70. The molecule has 1 aliphatic rings. The summed E-state index contributed by atoms with van der Waals surface area (Å²) in [6, 6.07) is 3.98. The minimum absolute atomic E-state index is 0.350. The van der Waals surface area contributed by atoms with Crippen molar-refractivity contribution >= 4 is 0 Å². The minimum atomic E-state index is -0.995. The molecule has 0 aromatic carbocycles. The number of nitriles is 2. The van der Waals surface area contributed by atoms with E-state index in [1.807, 2.05) is 19.1 Å². The van der Waals surface area contributed by atoms with Crippen LogP contribution in [0.15, 0.2) is 10.2 Å². The quantitative estimate of drug-likeness (QED) is 0.609. The van der Waals surface area contributed by atoms with Gasteiger partial charge in [-0.1, -0.05) is 13.3 Å². The molecule has 56 valence electrons. The standard InChI is InChI=1S/C7H8N4/c1-2-3-6(4-8)7(5-9)10-11-7/h6H,2-3H2,1H3. The van der Waals surface area contributed by atoms with Crippen LogP contribution in [-0.4, -0.2) is 5.66 Å². The maximum atomic E-state index is 8.64. The Hall–Kier alpha value is -1.42. The molecule has 4 nitrogen and oxygen atoms in total. The summed E-state index contributed by atoms with van der Waals surface area (Å²) in [7, 11) is 0. The van der Waals surface area contributed by atoms with E-state index in [0.717, 1.165) is 6.42 Å². The molecule has 0 fully saturated rings. The van der Waals surface area contributed by atoms with Gasteiger partial charge >= 0.3 is 0 Å². The fourth-order valence-electron chi connectivity index (χ4n) is 0.960. The van der Waals surface area contributed by atoms with E-state index in [2.05, 4.69) is 10.2 Å². The molecule has 1 heterocycles. The zero-order chi connectivity index (χ0) is 8.32. The van der Waals surface area contributed by atoms with E-state index >= 15 is 0 Å². The fourth-order valence-corrected chi connectivity index (χ4v) is 0.960. The SMILES string of the molecule is CCCC(C#N)C1(C#N)N=N1. The molecule has 0 aromatic rings. The van der Waals surface area contributed by atoms with Crippen LogP contribution in [0.4, 0.5) is 0 Å². The number of nitrogens with zero attached hydrogens (tertiary/aromatic N) is 4. The first-order valence-corrected chi connectivity index (χ1v) is 3.54. The van der Waals surface area contributed by atoms with E-state index in [4.69, 9.17) is 10.5 Å². The van der Waals surface area contributed by atoms with Crippen LogP contribution in [0.3, 0.4) is 0 Å². The molecule has 0 spiro atoms. The average molecular weight is 148 g/mol. The molecular weight excluding hydrogens is 140 g/mol. The Kier molecular flexibility index (Phi) is 1.87. The van der Waals surface area contributed by atoms with E-state index in [9.17, 15) is 0 Å². The molecule has 0 bridgehead atoms. The average Bonchev–Trinajstić information content (AvgIpc) is 2.81. The Balaban J connectivity index is 2.59. The van der Waals surface area contributed by atoms with Crippen molar-refractivity contribution in [1.29, 1.82) is 10.5 Å². The number of rotatable bonds is 3. The van der Waals surface area contributed by atoms with Crippen molar-refractivity contribution in [3.63, 3.8) is 0 Å². The second kappa shape index (κ2) is 2.67. The molecule has 0 saturated heterocycles. The zero-order valence-electron chi connectivity index (χ0n) is 6.28. The number of hydrogen-bond acceptors (Lipinski definition) is 4. The molecular formula is C7H8N4. The highest BCUT2D eigenvalue weighted by Crippen LogP contribution is 2.37. The van der Waals surface area contributed by atoms with Crippen LogP contribution >= 0.6 is 0 Å². The Morgan fingerprint density at radius 1 is 1.45 bits per heavy atom. The second-order valence-corrected chi connectivity index (χ2v) is 2.51. The first kappa shape index (κ1) is 7.68. The minimum Gasteiger partial charge on any atom is -0.198 e. The molecule has 0 aliphatic carbocycles. The van der Waals surface area contributed by atoms with Crippen molar-refractivity contribution in [2.24, 2.45) is 16.1 Å². The van der Waals surface area contributed by atoms with Crippen molar-refractivity contribution in [2.75, 3.05) is 0 Å². The van der Waals surface area contributed by atoms with Crippen LogP contribution in [0.1, 0.15) is 19.8 Å². The van der Waals surface area contributed by atoms with Crippen LogP contribution in [-0.2, 0) is 0 Å². The Bertz CT molecular complexity index is 249. The fraction of sp³-hybridized carbons (Fsp3) is 0.714. The van der Waals surface area contributed by atoms with Gasteiger partial charge in [0.2, 0.25) is 0 Å². The monoisotopic (exact) mass is 148 g/mol. The molecule has 0 N–H and O–H groups in total. The van der Waals surface area contributed by atoms with Gasteiger partial charge < -0.3 is 0 Å². The zero-order valence-corrected chi connectivity index (χ0v) is 6.28. The summed E-state index contributed by atoms with van der Waals surface area (Å²) in [4.78, 5) is 0. The lowest BCUT2D eigenvalue weighted by atomic mass is 9.94. The molecule has 0 radical (unpaired) electrons.